The predicted octanol–water partition coefficient (Wildman–Crippen LogP) is 4.52. The predicted molar refractivity (Wildman–Crippen MR) is 94.3 cm³/mol. The van der Waals surface area contributed by atoms with Gasteiger partial charge in [-0.2, -0.15) is 0 Å². The molecule has 24 heavy (non-hydrogen) atoms. The molecule has 0 N–H and O–H groups in total. The Balaban J connectivity index is 2.07. The quantitative estimate of drug-likeness (QED) is 0.664. The zero-order valence-corrected chi connectivity index (χ0v) is 13.3. The van der Waals surface area contributed by atoms with E-state index in [1.165, 1.54) is 0 Å². The highest BCUT2D eigenvalue weighted by molar-refractivity contribution is 6.14. The molecular formula is C22H16O2. The second-order valence-electron chi connectivity index (χ2n) is 5.64. The third kappa shape index (κ3) is 3.04. The van der Waals surface area contributed by atoms with Gasteiger partial charge in [0.15, 0.2) is 11.6 Å². The van der Waals surface area contributed by atoms with Gasteiger partial charge in [-0.1, -0.05) is 60.7 Å². The van der Waals surface area contributed by atoms with Gasteiger partial charge in [-0.3, -0.25) is 9.59 Å². The van der Waals surface area contributed by atoms with Crippen LogP contribution in [0.25, 0.3) is 0 Å². The molecule has 3 rings (SSSR count). The number of hydrogen-bond donors (Lipinski definition) is 0. The molecule has 0 unspecified atom stereocenters. The van der Waals surface area contributed by atoms with Gasteiger partial charge in [0.2, 0.25) is 0 Å². The number of aryl methyl sites for hydroxylation is 1. The van der Waals surface area contributed by atoms with Crippen LogP contribution in [0.1, 0.15) is 43.0 Å². The van der Waals surface area contributed by atoms with Crippen molar-refractivity contribution in [3.63, 3.8) is 0 Å². The Labute approximate surface area is 141 Å². The maximum Gasteiger partial charge on any atom is 0.193 e. The van der Waals surface area contributed by atoms with Crippen LogP contribution in [-0.2, 0) is 0 Å². The number of carbonyl (C=O) groups is 2. The molecule has 0 fully saturated rings. The number of rotatable bonds is 4. The monoisotopic (exact) mass is 312 g/mol. The van der Waals surface area contributed by atoms with Crippen LogP contribution in [0, 0.1) is 13.8 Å². The summed E-state index contributed by atoms with van der Waals surface area (Å²) in [6.45, 7) is 7.90. The average Bonchev–Trinajstić information content (AvgIpc) is 2.64. The summed E-state index contributed by atoms with van der Waals surface area (Å²) in [5.74, 6) is -0.306. The molecule has 0 aliphatic carbocycles. The van der Waals surface area contributed by atoms with E-state index in [0.717, 1.165) is 5.56 Å². The molecule has 0 atom stereocenters. The average molecular weight is 312 g/mol. The summed E-state index contributed by atoms with van der Waals surface area (Å²) in [4.78, 5) is 25.4. The first-order valence-corrected chi connectivity index (χ1v) is 7.67. The van der Waals surface area contributed by atoms with Gasteiger partial charge in [0, 0.05) is 22.3 Å². The lowest BCUT2D eigenvalue weighted by atomic mass is 9.91. The van der Waals surface area contributed by atoms with Gasteiger partial charge in [0.25, 0.3) is 0 Å². The lowest BCUT2D eigenvalue weighted by molar-refractivity contribution is 0.103. The van der Waals surface area contributed by atoms with Crippen molar-refractivity contribution >= 4 is 11.6 Å². The number of hydrogen-bond acceptors (Lipinski definition) is 2. The van der Waals surface area contributed by atoms with Gasteiger partial charge in [-0.05, 0) is 37.1 Å². The second-order valence-corrected chi connectivity index (χ2v) is 5.64. The summed E-state index contributed by atoms with van der Waals surface area (Å²) in [6.07, 6.45) is 0. The molecular weight excluding hydrogens is 296 g/mol. The van der Waals surface area contributed by atoms with E-state index >= 15 is 0 Å². The zero-order chi connectivity index (χ0) is 17.1. The molecule has 116 valence electrons. The Hall–Kier alpha value is -3.00. The summed E-state index contributed by atoms with van der Waals surface area (Å²) in [5, 5.41) is 0. The molecule has 0 aliphatic rings. The lowest BCUT2D eigenvalue weighted by Gasteiger charge is -2.11. The molecule has 0 amide bonds. The number of carbonyl (C=O) groups excluding carboxylic acids is 2. The van der Waals surface area contributed by atoms with Crippen LogP contribution in [0.5, 0.6) is 0 Å². The maximum absolute atomic E-state index is 12.7. The smallest absolute Gasteiger partial charge is 0.193 e. The molecule has 2 radical (unpaired) electrons. The van der Waals surface area contributed by atoms with Crippen molar-refractivity contribution in [2.24, 2.45) is 0 Å². The maximum atomic E-state index is 12.7. The Kier molecular flexibility index (Phi) is 4.39. The van der Waals surface area contributed by atoms with E-state index in [4.69, 9.17) is 6.92 Å². The van der Waals surface area contributed by atoms with Crippen molar-refractivity contribution in [1.82, 2.24) is 0 Å². The molecule has 0 saturated carbocycles. The minimum atomic E-state index is -0.182. The highest BCUT2D eigenvalue weighted by Crippen LogP contribution is 2.22. The second kappa shape index (κ2) is 6.63. The molecule has 0 aliphatic heterocycles. The van der Waals surface area contributed by atoms with Crippen LogP contribution in [0.3, 0.4) is 0 Å². The first-order valence-electron chi connectivity index (χ1n) is 7.67. The van der Waals surface area contributed by atoms with Gasteiger partial charge < -0.3 is 0 Å². The van der Waals surface area contributed by atoms with E-state index in [0.29, 0.717) is 27.8 Å². The molecule has 2 heteroatoms. The van der Waals surface area contributed by atoms with Crippen LogP contribution in [0.2, 0.25) is 0 Å². The van der Waals surface area contributed by atoms with Gasteiger partial charge in [-0.15, -0.1) is 0 Å². The third-order valence-corrected chi connectivity index (χ3v) is 3.97. The van der Waals surface area contributed by atoms with Crippen LogP contribution < -0.4 is 0 Å². The summed E-state index contributed by atoms with van der Waals surface area (Å²) in [7, 11) is 0. The first-order chi connectivity index (χ1) is 11.6. The fourth-order valence-electron chi connectivity index (χ4n) is 2.62. The largest absolute Gasteiger partial charge is 0.289 e. The third-order valence-electron chi connectivity index (χ3n) is 3.97. The fraction of sp³-hybridized carbons (Fsp3) is 0.0455. The van der Waals surface area contributed by atoms with E-state index in [1.807, 2.05) is 24.3 Å². The topological polar surface area (TPSA) is 34.1 Å². The van der Waals surface area contributed by atoms with Gasteiger partial charge in [0.05, 0.1) is 0 Å². The van der Waals surface area contributed by atoms with Crippen molar-refractivity contribution in [2.45, 2.75) is 6.92 Å². The lowest BCUT2D eigenvalue weighted by Crippen LogP contribution is -2.09. The SMILES string of the molecule is [CH]c1c(C)cc(C(=O)c2ccccc2)cc1C(=O)c1ccccc1. The van der Waals surface area contributed by atoms with Crippen LogP contribution in [0.4, 0.5) is 0 Å². The van der Waals surface area contributed by atoms with Crippen molar-refractivity contribution < 1.29 is 9.59 Å². The molecule has 0 saturated heterocycles. The Morgan fingerprint density at radius 1 is 0.708 bits per heavy atom. The molecule has 3 aromatic rings. The molecule has 3 aromatic carbocycles. The summed E-state index contributed by atoms with van der Waals surface area (Å²) >= 11 is 0. The van der Waals surface area contributed by atoms with Gasteiger partial charge >= 0.3 is 0 Å². The number of benzene rings is 3. The van der Waals surface area contributed by atoms with Crippen molar-refractivity contribution in [3.8, 4) is 0 Å². The highest BCUT2D eigenvalue weighted by Gasteiger charge is 2.17. The van der Waals surface area contributed by atoms with E-state index in [2.05, 4.69) is 0 Å². The van der Waals surface area contributed by atoms with Crippen LogP contribution in [0.15, 0.2) is 72.8 Å². The van der Waals surface area contributed by atoms with E-state index in [9.17, 15) is 9.59 Å². The Morgan fingerprint density at radius 3 is 1.75 bits per heavy atom. The van der Waals surface area contributed by atoms with Crippen molar-refractivity contribution in [3.05, 3.63) is 113 Å². The highest BCUT2D eigenvalue weighted by atomic mass is 16.1. The van der Waals surface area contributed by atoms with E-state index < -0.39 is 0 Å². The molecule has 0 aromatic heterocycles. The van der Waals surface area contributed by atoms with Crippen molar-refractivity contribution in [2.75, 3.05) is 0 Å². The minimum Gasteiger partial charge on any atom is -0.289 e. The van der Waals surface area contributed by atoms with Crippen LogP contribution in [-0.4, -0.2) is 11.6 Å². The minimum absolute atomic E-state index is 0.124. The first kappa shape index (κ1) is 15.9. The zero-order valence-electron chi connectivity index (χ0n) is 13.3. The molecule has 0 heterocycles. The van der Waals surface area contributed by atoms with E-state index in [1.54, 1.807) is 55.5 Å². The molecule has 0 spiro atoms. The standard InChI is InChI=1S/C22H16O2/c1-15-13-19(21(23)17-9-5-3-6-10-17)14-20(16(15)2)22(24)18-11-7-4-8-12-18/h2-14H,1H3. The van der Waals surface area contributed by atoms with Crippen molar-refractivity contribution in [1.29, 1.82) is 0 Å². The fourth-order valence-corrected chi connectivity index (χ4v) is 2.62. The summed E-state index contributed by atoms with van der Waals surface area (Å²) in [5.41, 5.74) is 3.09. The summed E-state index contributed by atoms with van der Waals surface area (Å²) < 4.78 is 0. The Bertz CT molecular complexity index is 894. The summed E-state index contributed by atoms with van der Waals surface area (Å²) in [6, 6.07) is 21.2. The van der Waals surface area contributed by atoms with Gasteiger partial charge in [0.1, 0.15) is 0 Å². The Morgan fingerprint density at radius 2 is 1.21 bits per heavy atom. The van der Waals surface area contributed by atoms with Crippen LogP contribution >= 0.6 is 0 Å². The molecule has 2 nitrogen and oxygen atoms in total. The molecule has 0 bridgehead atoms. The van der Waals surface area contributed by atoms with E-state index in [-0.39, 0.29) is 11.6 Å². The van der Waals surface area contributed by atoms with Gasteiger partial charge in [-0.25, -0.2) is 0 Å². The number of ketones is 2. The normalized spacial score (nSPS) is 10.4.